The molecule has 1 amide bonds. The first kappa shape index (κ1) is 13.3. The summed E-state index contributed by atoms with van der Waals surface area (Å²) in [4.78, 5) is 14.5. The van der Waals surface area contributed by atoms with E-state index in [0.717, 1.165) is 44.5 Å². The first-order chi connectivity index (χ1) is 8.31. The van der Waals surface area contributed by atoms with Gasteiger partial charge in [-0.1, -0.05) is 15.9 Å². The summed E-state index contributed by atoms with van der Waals surface area (Å²) in [7, 11) is 0. The van der Waals surface area contributed by atoms with Crippen LogP contribution in [0.1, 0.15) is 32.1 Å². The molecule has 0 saturated carbocycles. The van der Waals surface area contributed by atoms with Gasteiger partial charge in [0.05, 0.1) is 0 Å². The van der Waals surface area contributed by atoms with Crippen molar-refractivity contribution in [3.05, 3.63) is 0 Å². The molecule has 0 aliphatic carbocycles. The van der Waals surface area contributed by atoms with Crippen molar-refractivity contribution in [2.24, 2.45) is 11.8 Å². The summed E-state index contributed by atoms with van der Waals surface area (Å²) < 4.78 is 5.32. The van der Waals surface area contributed by atoms with Crippen molar-refractivity contribution in [3.63, 3.8) is 0 Å². The summed E-state index contributed by atoms with van der Waals surface area (Å²) in [5.41, 5.74) is 0. The lowest BCUT2D eigenvalue weighted by Crippen LogP contribution is -2.44. The summed E-state index contributed by atoms with van der Waals surface area (Å²) in [5.74, 6) is 1.31. The Morgan fingerprint density at radius 2 is 2.06 bits per heavy atom. The van der Waals surface area contributed by atoms with Crippen molar-refractivity contribution < 1.29 is 9.53 Å². The molecule has 2 rings (SSSR count). The molecule has 4 heteroatoms. The first-order valence-corrected chi connectivity index (χ1v) is 7.86. The van der Waals surface area contributed by atoms with E-state index in [9.17, 15) is 4.79 Å². The van der Waals surface area contributed by atoms with Gasteiger partial charge in [-0.15, -0.1) is 0 Å². The molecule has 17 heavy (non-hydrogen) atoms. The third kappa shape index (κ3) is 3.68. The van der Waals surface area contributed by atoms with E-state index in [2.05, 4.69) is 20.8 Å². The van der Waals surface area contributed by atoms with E-state index in [1.165, 1.54) is 19.3 Å². The minimum absolute atomic E-state index is 0.228. The van der Waals surface area contributed by atoms with Crippen molar-refractivity contribution in [2.75, 3.05) is 31.6 Å². The minimum Gasteiger partial charge on any atom is -0.381 e. The molecule has 2 heterocycles. The Hall–Kier alpha value is -0.0900. The molecular weight excluding hydrogens is 282 g/mol. The predicted octanol–water partition coefficient (Wildman–Crippen LogP) is 2.44. The molecule has 1 unspecified atom stereocenters. The number of carbonyl (C=O) groups excluding carboxylic acids is 1. The molecule has 2 saturated heterocycles. The molecule has 0 aromatic rings. The Balaban J connectivity index is 1.85. The highest BCUT2D eigenvalue weighted by atomic mass is 79.9. The van der Waals surface area contributed by atoms with E-state index in [4.69, 9.17) is 4.74 Å². The Labute approximate surface area is 112 Å². The molecule has 0 bridgehead atoms. The van der Waals surface area contributed by atoms with Crippen molar-refractivity contribution in [2.45, 2.75) is 32.1 Å². The van der Waals surface area contributed by atoms with Crippen LogP contribution in [-0.2, 0) is 9.53 Å². The smallest absolute Gasteiger partial charge is 0.225 e. The van der Waals surface area contributed by atoms with E-state index in [-0.39, 0.29) is 5.92 Å². The van der Waals surface area contributed by atoms with E-state index >= 15 is 0 Å². The second-order valence-electron chi connectivity index (χ2n) is 5.16. The van der Waals surface area contributed by atoms with E-state index in [0.29, 0.717) is 11.8 Å². The third-order valence-corrected chi connectivity index (χ3v) is 4.38. The Bertz CT molecular complexity index is 252. The quantitative estimate of drug-likeness (QED) is 0.750. The Kier molecular flexibility index (Phi) is 5.29. The number of rotatable bonds is 3. The average molecular weight is 304 g/mol. The molecule has 2 aliphatic heterocycles. The largest absolute Gasteiger partial charge is 0.381 e. The number of likely N-dealkylation sites (tertiary alicyclic amines) is 1. The summed E-state index contributed by atoms with van der Waals surface area (Å²) >= 11 is 3.50. The van der Waals surface area contributed by atoms with Crippen LogP contribution in [0, 0.1) is 11.8 Å². The van der Waals surface area contributed by atoms with E-state index in [1.807, 2.05) is 0 Å². The molecule has 0 radical (unpaired) electrons. The fraction of sp³-hybridized carbons (Fsp3) is 0.923. The number of halogens is 1. The van der Waals surface area contributed by atoms with Gasteiger partial charge in [-0.05, 0) is 38.0 Å². The van der Waals surface area contributed by atoms with Crippen LogP contribution >= 0.6 is 15.9 Å². The normalized spacial score (nSPS) is 27.1. The van der Waals surface area contributed by atoms with Gasteiger partial charge >= 0.3 is 0 Å². The molecule has 3 nitrogen and oxygen atoms in total. The minimum atomic E-state index is 0.228. The SMILES string of the molecule is O=C(C1CCOCC1)N1CCCC(CCBr)C1. The molecule has 2 fully saturated rings. The molecule has 98 valence electrons. The van der Waals surface area contributed by atoms with E-state index < -0.39 is 0 Å². The third-order valence-electron chi connectivity index (χ3n) is 3.92. The maximum atomic E-state index is 12.4. The van der Waals surface area contributed by atoms with Gasteiger partial charge in [0.15, 0.2) is 0 Å². The monoisotopic (exact) mass is 303 g/mol. The van der Waals surface area contributed by atoms with Crippen molar-refractivity contribution in [1.29, 1.82) is 0 Å². The highest BCUT2D eigenvalue weighted by molar-refractivity contribution is 9.09. The number of alkyl halides is 1. The molecule has 2 aliphatic rings. The Morgan fingerprint density at radius 3 is 2.76 bits per heavy atom. The van der Waals surface area contributed by atoms with Crippen LogP contribution < -0.4 is 0 Å². The molecule has 0 N–H and O–H groups in total. The van der Waals surface area contributed by atoms with Gasteiger partial charge < -0.3 is 9.64 Å². The number of nitrogens with zero attached hydrogens (tertiary/aromatic N) is 1. The van der Waals surface area contributed by atoms with Crippen LogP contribution in [0.2, 0.25) is 0 Å². The predicted molar refractivity (Wildman–Crippen MR) is 71.3 cm³/mol. The molecule has 1 atom stereocenters. The second kappa shape index (κ2) is 6.74. The van der Waals surface area contributed by atoms with Crippen LogP contribution in [0.4, 0.5) is 0 Å². The lowest BCUT2D eigenvalue weighted by Gasteiger charge is -2.35. The lowest BCUT2D eigenvalue weighted by molar-refractivity contribution is -0.140. The molecular formula is C13H22BrNO2. The molecule has 0 aromatic heterocycles. The van der Waals surface area contributed by atoms with Crippen LogP contribution in [0.15, 0.2) is 0 Å². The van der Waals surface area contributed by atoms with Crippen LogP contribution in [-0.4, -0.2) is 42.4 Å². The van der Waals surface area contributed by atoms with Crippen LogP contribution in [0.25, 0.3) is 0 Å². The summed E-state index contributed by atoms with van der Waals surface area (Å²) in [6.45, 7) is 3.46. The van der Waals surface area contributed by atoms with Crippen LogP contribution in [0.5, 0.6) is 0 Å². The van der Waals surface area contributed by atoms with Gasteiger partial charge in [-0.3, -0.25) is 4.79 Å². The topological polar surface area (TPSA) is 29.5 Å². The number of piperidine rings is 1. The second-order valence-corrected chi connectivity index (χ2v) is 5.95. The number of amides is 1. The van der Waals surface area contributed by atoms with Gasteiger partial charge in [-0.2, -0.15) is 0 Å². The highest BCUT2D eigenvalue weighted by Crippen LogP contribution is 2.24. The molecule has 0 aromatic carbocycles. The average Bonchev–Trinajstić information content (AvgIpc) is 2.40. The van der Waals surface area contributed by atoms with Crippen molar-refractivity contribution in [1.82, 2.24) is 4.90 Å². The van der Waals surface area contributed by atoms with Gasteiger partial charge in [-0.25, -0.2) is 0 Å². The maximum absolute atomic E-state index is 12.4. The number of carbonyl (C=O) groups is 1. The number of hydrogen-bond donors (Lipinski definition) is 0. The summed E-state index contributed by atoms with van der Waals surface area (Å²) in [5, 5.41) is 1.05. The van der Waals surface area contributed by atoms with E-state index in [1.54, 1.807) is 0 Å². The highest BCUT2D eigenvalue weighted by Gasteiger charge is 2.29. The van der Waals surface area contributed by atoms with Gasteiger partial charge in [0.1, 0.15) is 0 Å². The molecule has 0 spiro atoms. The maximum Gasteiger partial charge on any atom is 0.225 e. The fourth-order valence-corrected chi connectivity index (χ4v) is 3.51. The zero-order chi connectivity index (χ0) is 12.1. The summed E-state index contributed by atoms with van der Waals surface area (Å²) in [6, 6.07) is 0. The zero-order valence-electron chi connectivity index (χ0n) is 10.4. The van der Waals surface area contributed by atoms with Crippen molar-refractivity contribution >= 4 is 21.8 Å². The van der Waals surface area contributed by atoms with Crippen LogP contribution in [0.3, 0.4) is 0 Å². The summed E-state index contributed by atoms with van der Waals surface area (Å²) in [6.07, 6.45) is 5.48. The first-order valence-electron chi connectivity index (χ1n) is 6.73. The number of hydrogen-bond acceptors (Lipinski definition) is 2. The van der Waals surface area contributed by atoms with Crippen molar-refractivity contribution in [3.8, 4) is 0 Å². The van der Waals surface area contributed by atoms with Gasteiger partial charge in [0.2, 0.25) is 5.91 Å². The van der Waals surface area contributed by atoms with Gasteiger partial charge in [0.25, 0.3) is 0 Å². The number of ether oxygens (including phenoxy) is 1. The Morgan fingerprint density at radius 1 is 1.29 bits per heavy atom. The lowest BCUT2D eigenvalue weighted by atomic mass is 9.92. The zero-order valence-corrected chi connectivity index (χ0v) is 12.0. The standard InChI is InChI=1S/C13H22BrNO2/c14-6-3-11-2-1-7-15(10-11)13(16)12-4-8-17-9-5-12/h11-12H,1-10H2. The van der Waals surface area contributed by atoms with Gasteiger partial charge in [0, 0.05) is 37.6 Å². The fourth-order valence-electron chi connectivity index (χ4n) is 2.86.